The molecule has 2 aromatic rings. The maximum Gasteiger partial charge on any atom is 0.268 e. The lowest BCUT2D eigenvalue weighted by Crippen LogP contribution is -2.58. The Kier molecular flexibility index (Phi) is 7.21. The molecule has 0 fully saturated rings. The summed E-state index contributed by atoms with van der Waals surface area (Å²) in [5.74, 6) is -0.846. The van der Waals surface area contributed by atoms with E-state index in [0.29, 0.717) is 6.42 Å². The van der Waals surface area contributed by atoms with Gasteiger partial charge in [0, 0.05) is 14.6 Å². The topological polar surface area (TPSA) is 69.6 Å². The SMILES string of the molecule is C[C@@](O)(C(F)F)[C@H](NCCCc1ccc(-c2cccs2)s1)C(=O)CO. The average Bonchev–Trinajstić information content (AvgIpc) is 3.25. The van der Waals surface area contributed by atoms with Gasteiger partial charge in [-0.15, -0.1) is 22.7 Å². The van der Waals surface area contributed by atoms with E-state index in [0.717, 1.165) is 18.2 Å². The van der Waals surface area contributed by atoms with Crippen molar-refractivity contribution in [2.45, 2.75) is 37.8 Å². The molecular formula is C17H21F2NO3S2. The van der Waals surface area contributed by atoms with E-state index in [2.05, 4.69) is 17.4 Å². The number of thiophene rings is 2. The largest absolute Gasteiger partial charge is 0.389 e. The molecule has 0 saturated carbocycles. The molecule has 25 heavy (non-hydrogen) atoms. The highest BCUT2D eigenvalue weighted by atomic mass is 32.1. The highest BCUT2D eigenvalue weighted by Gasteiger charge is 2.44. The molecule has 0 aliphatic heterocycles. The molecule has 0 aliphatic carbocycles. The Bertz CT molecular complexity index is 671. The minimum atomic E-state index is -3.09. The van der Waals surface area contributed by atoms with Gasteiger partial charge in [-0.3, -0.25) is 4.79 Å². The van der Waals surface area contributed by atoms with Gasteiger partial charge in [0.2, 0.25) is 0 Å². The molecule has 0 aromatic carbocycles. The number of alkyl halides is 2. The lowest BCUT2D eigenvalue weighted by atomic mass is 9.93. The summed E-state index contributed by atoms with van der Waals surface area (Å²) in [5.41, 5.74) is -2.52. The lowest BCUT2D eigenvalue weighted by Gasteiger charge is -2.31. The van der Waals surface area contributed by atoms with Gasteiger partial charge in [-0.2, -0.15) is 0 Å². The summed E-state index contributed by atoms with van der Waals surface area (Å²) in [7, 11) is 0. The molecule has 0 radical (unpaired) electrons. The average molecular weight is 389 g/mol. The predicted octanol–water partition coefficient (Wildman–Crippen LogP) is 2.94. The Morgan fingerprint density at radius 1 is 1.32 bits per heavy atom. The number of carbonyl (C=O) groups is 1. The van der Waals surface area contributed by atoms with E-state index in [1.807, 2.05) is 17.5 Å². The summed E-state index contributed by atoms with van der Waals surface area (Å²) in [6.45, 7) is 0.288. The van der Waals surface area contributed by atoms with Crippen LogP contribution in [-0.2, 0) is 11.2 Å². The second-order valence-electron chi connectivity index (χ2n) is 5.88. The van der Waals surface area contributed by atoms with E-state index in [1.54, 1.807) is 22.7 Å². The van der Waals surface area contributed by atoms with Crippen LogP contribution < -0.4 is 5.32 Å². The minimum absolute atomic E-state index is 0.283. The Morgan fingerprint density at radius 2 is 2.08 bits per heavy atom. The Hall–Kier alpha value is -1.19. The van der Waals surface area contributed by atoms with Crippen molar-refractivity contribution in [3.8, 4) is 9.75 Å². The first-order chi connectivity index (χ1) is 11.9. The van der Waals surface area contributed by atoms with E-state index in [4.69, 9.17) is 5.11 Å². The normalized spacial score (nSPS) is 15.3. The number of rotatable bonds is 10. The summed E-state index contributed by atoms with van der Waals surface area (Å²) in [6, 6.07) is 6.64. The molecule has 8 heteroatoms. The number of aryl methyl sites for hydroxylation is 1. The zero-order chi connectivity index (χ0) is 18.4. The molecule has 138 valence electrons. The number of hydrogen-bond acceptors (Lipinski definition) is 6. The van der Waals surface area contributed by atoms with Crippen LogP contribution in [0.4, 0.5) is 8.78 Å². The fourth-order valence-electron chi connectivity index (χ4n) is 2.44. The fourth-order valence-corrected chi connectivity index (χ4v) is 4.32. The Labute approximate surface area is 153 Å². The predicted molar refractivity (Wildman–Crippen MR) is 96.5 cm³/mol. The molecule has 2 rings (SSSR count). The van der Waals surface area contributed by atoms with Gasteiger partial charge in [0.1, 0.15) is 18.2 Å². The van der Waals surface area contributed by atoms with Gasteiger partial charge in [-0.25, -0.2) is 8.78 Å². The summed E-state index contributed by atoms with van der Waals surface area (Å²) >= 11 is 3.35. The Balaban J connectivity index is 1.87. The zero-order valence-electron chi connectivity index (χ0n) is 13.7. The first-order valence-electron chi connectivity index (χ1n) is 7.86. The number of Topliss-reactive ketones (excluding diaryl/α,β-unsaturated/α-hetero) is 1. The van der Waals surface area contributed by atoms with Gasteiger partial charge >= 0.3 is 0 Å². The number of halogens is 2. The summed E-state index contributed by atoms with van der Waals surface area (Å²) < 4.78 is 25.9. The van der Waals surface area contributed by atoms with Crippen LogP contribution in [0, 0.1) is 0 Å². The van der Waals surface area contributed by atoms with Crippen LogP contribution >= 0.6 is 22.7 Å². The number of aliphatic hydroxyl groups excluding tert-OH is 1. The van der Waals surface area contributed by atoms with Crippen molar-refractivity contribution in [2.75, 3.05) is 13.2 Å². The van der Waals surface area contributed by atoms with Gasteiger partial charge < -0.3 is 15.5 Å². The molecular weight excluding hydrogens is 368 g/mol. The number of aliphatic hydroxyl groups is 2. The monoisotopic (exact) mass is 389 g/mol. The van der Waals surface area contributed by atoms with Crippen LogP contribution in [0.2, 0.25) is 0 Å². The van der Waals surface area contributed by atoms with Crippen LogP contribution in [0.15, 0.2) is 29.6 Å². The minimum Gasteiger partial charge on any atom is -0.389 e. The number of carbonyl (C=O) groups excluding carboxylic acids is 1. The first-order valence-corrected chi connectivity index (χ1v) is 9.56. The van der Waals surface area contributed by atoms with E-state index in [1.165, 1.54) is 9.75 Å². The van der Waals surface area contributed by atoms with Crippen LogP contribution in [0.1, 0.15) is 18.2 Å². The lowest BCUT2D eigenvalue weighted by molar-refractivity contribution is -0.143. The molecule has 0 saturated heterocycles. The van der Waals surface area contributed by atoms with Crippen molar-refractivity contribution in [2.24, 2.45) is 0 Å². The molecule has 0 aliphatic rings. The third-order valence-electron chi connectivity index (χ3n) is 3.88. The summed E-state index contributed by atoms with van der Waals surface area (Å²) in [5, 5.41) is 23.5. The molecule has 0 unspecified atom stereocenters. The van der Waals surface area contributed by atoms with Crippen molar-refractivity contribution >= 4 is 28.5 Å². The molecule has 4 nitrogen and oxygen atoms in total. The second kappa shape index (κ2) is 8.95. The number of ketones is 1. The molecule has 0 bridgehead atoms. The van der Waals surface area contributed by atoms with E-state index in [9.17, 15) is 18.7 Å². The summed E-state index contributed by atoms with van der Waals surface area (Å²) in [4.78, 5) is 15.2. The van der Waals surface area contributed by atoms with Crippen molar-refractivity contribution in [1.82, 2.24) is 5.32 Å². The van der Waals surface area contributed by atoms with Crippen LogP contribution in [0.3, 0.4) is 0 Å². The molecule has 3 N–H and O–H groups in total. The maximum atomic E-state index is 12.9. The number of hydrogen-bond donors (Lipinski definition) is 3. The fraction of sp³-hybridized carbons (Fsp3) is 0.471. The molecule has 0 spiro atoms. The Morgan fingerprint density at radius 3 is 2.68 bits per heavy atom. The first kappa shape index (κ1) is 20.1. The highest BCUT2D eigenvalue weighted by molar-refractivity contribution is 7.21. The van der Waals surface area contributed by atoms with E-state index >= 15 is 0 Å². The van der Waals surface area contributed by atoms with Gasteiger partial charge in [-0.05, 0) is 49.9 Å². The maximum absolute atomic E-state index is 12.9. The third-order valence-corrected chi connectivity index (χ3v) is 6.09. The molecule has 2 aromatic heterocycles. The molecule has 2 heterocycles. The van der Waals surface area contributed by atoms with Crippen molar-refractivity contribution in [1.29, 1.82) is 0 Å². The summed E-state index contributed by atoms with van der Waals surface area (Å²) in [6.07, 6.45) is -1.73. The highest BCUT2D eigenvalue weighted by Crippen LogP contribution is 2.31. The van der Waals surface area contributed by atoms with Crippen molar-refractivity contribution in [3.63, 3.8) is 0 Å². The van der Waals surface area contributed by atoms with E-state index in [-0.39, 0.29) is 6.54 Å². The van der Waals surface area contributed by atoms with Crippen LogP contribution in [0.25, 0.3) is 9.75 Å². The van der Waals surface area contributed by atoms with Gasteiger partial charge in [0.05, 0.1) is 0 Å². The van der Waals surface area contributed by atoms with Gasteiger partial charge in [0.25, 0.3) is 6.43 Å². The smallest absolute Gasteiger partial charge is 0.268 e. The third kappa shape index (κ3) is 5.15. The van der Waals surface area contributed by atoms with Gasteiger partial charge in [0.15, 0.2) is 5.78 Å². The van der Waals surface area contributed by atoms with Crippen molar-refractivity contribution in [3.05, 3.63) is 34.5 Å². The quantitative estimate of drug-likeness (QED) is 0.547. The van der Waals surface area contributed by atoms with Gasteiger partial charge in [-0.1, -0.05) is 6.07 Å². The van der Waals surface area contributed by atoms with Crippen molar-refractivity contribution < 1.29 is 23.8 Å². The standard InChI is InChI=1S/C17H21F2NO3S2/c1-17(23,16(18)19)15(12(22)10-21)20-8-2-4-11-6-7-14(25-11)13-5-3-9-24-13/h3,5-7,9,15-16,20-21,23H,2,4,8,10H2,1H3/t15-,17+/m1/s1. The number of nitrogens with one attached hydrogen (secondary N) is 1. The second-order valence-corrected chi connectivity index (χ2v) is 8.00. The van der Waals surface area contributed by atoms with E-state index < -0.39 is 30.5 Å². The zero-order valence-corrected chi connectivity index (χ0v) is 15.4. The van der Waals surface area contributed by atoms with Crippen LogP contribution in [-0.4, -0.2) is 47.2 Å². The molecule has 2 atom stereocenters. The molecule has 0 amide bonds. The van der Waals surface area contributed by atoms with Crippen LogP contribution in [0.5, 0.6) is 0 Å².